The number of hydrogen-bond donors (Lipinski definition) is 2. The number of carboxylic acids is 1. The van der Waals surface area contributed by atoms with Crippen molar-refractivity contribution >= 4 is 11.9 Å². The Morgan fingerprint density at radius 3 is 2.50 bits per heavy atom. The van der Waals surface area contributed by atoms with Gasteiger partial charge in [0, 0.05) is 13.2 Å². The van der Waals surface area contributed by atoms with Crippen LogP contribution in [0.4, 0.5) is 0 Å². The number of nitrogens with one attached hydrogen (secondary N) is 1. The molecule has 0 aliphatic heterocycles. The Kier molecular flexibility index (Phi) is 4.74. The third kappa shape index (κ3) is 3.81. The molecule has 1 aliphatic rings. The van der Waals surface area contributed by atoms with Gasteiger partial charge in [-0.1, -0.05) is 30.3 Å². The topological polar surface area (TPSA) is 75.6 Å². The van der Waals surface area contributed by atoms with E-state index in [9.17, 15) is 9.59 Å². The van der Waals surface area contributed by atoms with Gasteiger partial charge in [0.25, 0.3) is 5.91 Å². The average Bonchev–Trinajstić information content (AvgIpc) is 3.24. The molecule has 1 aromatic carbocycles. The highest BCUT2D eigenvalue weighted by Gasteiger charge is 2.35. The van der Waals surface area contributed by atoms with E-state index in [1.165, 1.54) is 7.11 Å². The van der Waals surface area contributed by atoms with Crippen molar-refractivity contribution in [3.8, 4) is 0 Å². The highest BCUT2D eigenvalue weighted by Crippen LogP contribution is 2.34. The van der Waals surface area contributed by atoms with E-state index >= 15 is 0 Å². The van der Waals surface area contributed by atoms with Gasteiger partial charge in [-0.2, -0.15) is 0 Å². The van der Waals surface area contributed by atoms with E-state index in [0.717, 1.165) is 18.4 Å². The smallest absolute Gasteiger partial charge is 0.305 e. The van der Waals surface area contributed by atoms with Crippen LogP contribution < -0.4 is 5.32 Å². The minimum Gasteiger partial charge on any atom is -0.481 e. The lowest BCUT2D eigenvalue weighted by molar-refractivity contribution is -0.138. The number of carbonyl (C=O) groups excluding carboxylic acids is 1. The van der Waals surface area contributed by atoms with Crippen molar-refractivity contribution in [1.82, 2.24) is 5.32 Å². The summed E-state index contributed by atoms with van der Waals surface area (Å²) in [7, 11) is 1.47. The van der Waals surface area contributed by atoms with Crippen LogP contribution in [0.25, 0.3) is 0 Å². The van der Waals surface area contributed by atoms with Crippen molar-refractivity contribution in [2.75, 3.05) is 7.11 Å². The van der Waals surface area contributed by atoms with Crippen LogP contribution in [0.2, 0.25) is 0 Å². The van der Waals surface area contributed by atoms with Crippen molar-refractivity contribution in [3.63, 3.8) is 0 Å². The van der Waals surface area contributed by atoms with Gasteiger partial charge in [0.15, 0.2) is 6.10 Å². The molecule has 2 atom stereocenters. The summed E-state index contributed by atoms with van der Waals surface area (Å²) in [5.41, 5.74) is 0.761. The van der Waals surface area contributed by atoms with E-state index in [1.807, 2.05) is 30.3 Å². The van der Waals surface area contributed by atoms with E-state index in [2.05, 4.69) is 5.32 Å². The Hall–Kier alpha value is -1.88. The second-order valence-corrected chi connectivity index (χ2v) is 5.08. The first kappa shape index (κ1) is 14.5. The standard InChI is InChI=1S/C15H19NO4/c1-20-14(11-5-3-2-4-6-11)15(19)16-12(9-13(17)18)10-7-8-10/h2-6,10,12,14H,7-9H2,1H3,(H,16,19)(H,17,18). The monoisotopic (exact) mass is 277 g/mol. The van der Waals surface area contributed by atoms with Crippen molar-refractivity contribution in [2.45, 2.75) is 31.4 Å². The van der Waals surface area contributed by atoms with Crippen LogP contribution in [0.3, 0.4) is 0 Å². The second-order valence-electron chi connectivity index (χ2n) is 5.08. The molecular weight excluding hydrogens is 258 g/mol. The highest BCUT2D eigenvalue weighted by molar-refractivity contribution is 5.83. The van der Waals surface area contributed by atoms with Gasteiger partial charge in [-0.25, -0.2) is 0 Å². The molecule has 2 unspecified atom stereocenters. The Labute approximate surface area is 117 Å². The molecule has 2 N–H and O–H groups in total. The van der Waals surface area contributed by atoms with E-state index < -0.39 is 12.1 Å². The molecule has 20 heavy (non-hydrogen) atoms. The highest BCUT2D eigenvalue weighted by atomic mass is 16.5. The fraction of sp³-hybridized carbons (Fsp3) is 0.467. The van der Waals surface area contributed by atoms with Gasteiger partial charge in [-0.15, -0.1) is 0 Å². The van der Waals surface area contributed by atoms with E-state index in [4.69, 9.17) is 9.84 Å². The molecule has 1 aliphatic carbocycles. The van der Waals surface area contributed by atoms with E-state index in [0.29, 0.717) is 0 Å². The third-order valence-electron chi connectivity index (χ3n) is 3.49. The molecule has 0 spiro atoms. The molecule has 0 heterocycles. The first-order valence-corrected chi connectivity index (χ1v) is 6.71. The minimum atomic E-state index is -0.893. The fourth-order valence-electron chi connectivity index (χ4n) is 2.30. The van der Waals surface area contributed by atoms with Gasteiger partial charge in [0.2, 0.25) is 0 Å². The zero-order valence-electron chi connectivity index (χ0n) is 11.4. The number of amides is 1. The zero-order chi connectivity index (χ0) is 14.5. The molecule has 1 amide bonds. The first-order chi connectivity index (χ1) is 9.61. The lowest BCUT2D eigenvalue weighted by Gasteiger charge is -2.21. The Morgan fingerprint density at radius 1 is 1.35 bits per heavy atom. The van der Waals surface area contributed by atoms with Gasteiger partial charge in [-0.3, -0.25) is 9.59 Å². The maximum Gasteiger partial charge on any atom is 0.305 e. The summed E-state index contributed by atoms with van der Waals surface area (Å²) in [6, 6.07) is 8.87. The lowest BCUT2D eigenvalue weighted by atomic mass is 10.1. The molecular formula is C15H19NO4. The number of carboxylic acid groups (broad SMARTS) is 1. The second kappa shape index (κ2) is 6.52. The zero-order valence-corrected chi connectivity index (χ0v) is 11.4. The summed E-state index contributed by atoms with van der Waals surface area (Å²) in [4.78, 5) is 23.1. The predicted octanol–water partition coefficient (Wildman–Crippen LogP) is 1.74. The van der Waals surface area contributed by atoms with Gasteiger partial charge in [-0.05, 0) is 24.3 Å². The number of methoxy groups -OCH3 is 1. The maximum atomic E-state index is 12.3. The van der Waals surface area contributed by atoms with Crippen LogP contribution in [-0.2, 0) is 14.3 Å². The van der Waals surface area contributed by atoms with Crippen LogP contribution in [-0.4, -0.2) is 30.1 Å². The minimum absolute atomic E-state index is 0.0400. The number of rotatable bonds is 7. The van der Waals surface area contributed by atoms with E-state index in [1.54, 1.807) is 0 Å². The Bertz CT molecular complexity index is 470. The maximum absolute atomic E-state index is 12.3. The number of aliphatic carboxylic acids is 1. The van der Waals surface area contributed by atoms with Crippen LogP contribution in [0, 0.1) is 5.92 Å². The number of hydrogen-bond acceptors (Lipinski definition) is 3. The van der Waals surface area contributed by atoms with Crippen molar-refractivity contribution in [3.05, 3.63) is 35.9 Å². The fourth-order valence-corrected chi connectivity index (χ4v) is 2.30. The molecule has 5 nitrogen and oxygen atoms in total. The molecule has 5 heteroatoms. The normalized spacial score (nSPS) is 17.2. The molecule has 108 valence electrons. The largest absolute Gasteiger partial charge is 0.481 e. The lowest BCUT2D eigenvalue weighted by Crippen LogP contribution is -2.41. The molecule has 0 radical (unpaired) electrons. The predicted molar refractivity (Wildman–Crippen MR) is 73.1 cm³/mol. The molecule has 1 fully saturated rings. The van der Waals surface area contributed by atoms with Crippen LogP contribution >= 0.6 is 0 Å². The number of ether oxygens (including phenoxy) is 1. The van der Waals surface area contributed by atoms with Crippen LogP contribution in [0.1, 0.15) is 30.9 Å². The summed E-state index contributed by atoms with van der Waals surface area (Å²) in [5.74, 6) is -0.893. The third-order valence-corrected chi connectivity index (χ3v) is 3.49. The van der Waals surface area contributed by atoms with Gasteiger partial charge < -0.3 is 15.2 Å². The van der Waals surface area contributed by atoms with Crippen molar-refractivity contribution in [1.29, 1.82) is 0 Å². The summed E-state index contributed by atoms with van der Waals surface area (Å²) >= 11 is 0. The quantitative estimate of drug-likeness (QED) is 0.796. The van der Waals surface area contributed by atoms with Crippen LogP contribution in [0.15, 0.2) is 30.3 Å². The van der Waals surface area contributed by atoms with Crippen LogP contribution in [0.5, 0.6) is 0 Å². The van der Waals surface area contributed by atoms with Gasteiger partial charge in [0.05, 0.1) is 6.42 Å². The molecule has 1 aromatic rings. The van der Waals surface area contributed by atoms with Crippen molar-refractivity contribution < 1.29 is 19.4 Å². The molecule has 0 aromatic heterocycles. The summed E-state index contributed by atoms with van der Waals surface area (Å²) in [6.45, 7) is 0. The SMILES string of the molecule is COC(C(=O)NC(CC(=O)O)C1CC1)c1ccccc1. The average molecular weight is 277 g/mol. The summed E-state index contributed by atoms with van der Waals surface area (Å²) < 4.78 is 5.24. The molecule has 0 bridgehead atoms. The van der Waals surface area contributed by atoms with Gasteiger partial charge in [0.1, 0.15) is 0 Å². The first-order valence-electron chi connectivity index (χ1n) is 6.71. The van der Waals surface area contributed by atoms with Crippen molar-refractivity contribution in [2.24, 2.45) is 5.92 Å². The number of carbonyl (C=O) groups is 2. The summed E-state index contributed by atoms with van der Waals surface area (Å²) in [5, 5.41) is 11.7. The van der Waals surface area contributed by atoms with E-state index in [-0.39, 0.29) is 24.3 Å². The van der Waals surface area contributed by atoms with Gasteiger partial charge >= 0.3 is 5.97 Å². The molecule has 0 saturated heterocycles. The molecule has 2 rings (SSSR count). The number of benzene rings is 1. The summed E-state index contributed by atoms with van der Waals surface area (Å²) in [6.07, 6.45) is 1.20. The Morgan fingerprint density at radius 2 is 2.00 bits per heavy atom. The molecule has 1 saturated carbocycles. The Balaban J connectivity index is 2.02.